The van der Waals surface area contributed by atoms with Crippen molar-refractivity contribution in [2.24, 2.45) is 0 Å². The number of benzene rings is 1. The second-order valence-corrected chi connectivity index (χ2v) is 8.11. The highest BCUT2D eigenvalue weighted by Gasteiger charge is 2.38. The molecule has 3 amide bonds. The maximum atomic E-state index is 13.7. The normalized spacial score (nSPS) is 15.5. The SMILES string of the molecule is CC(=O)Nc1cc(NC(=O)CCc2nc(C3(NC(C)=O)CCCCCC3)no2)ccc1F. The number of hydrogen-bond acceptors (Lipinski definition) is 6. The highest BCUT2D eigenvalue weighted by molar-refractivity contribution is 5.93. The van der Waals surface area contributed by atoms with E-state index in [2.05, 4.69) is 26.1 Å². The minimum Gasteiger partial charge on any atom is -0.343 e. The Labute approximate surface area is 185 Å². The van der Waals surface area contributed by atoms with E-state index in [0.717, 1.165) is 38.5 Å². The van der Waals surface area contributed by atoms with Crippen LogP contribution in [0, 0.1) is 5.82 Å². The lowest BCUT2D eigenvalue weighted by molar-refractivity contribution is -0.121. The zero-order chi connectivity index (χ0) is 23.1. The van der Waals surface area contributed by atoms with Crippen molar-refractivity contribution in [3.63, 3.8) is 0 Å². The van der Waals surface area contributed by atoms with Crippen LogP contribution in [0.4, 0.5) is 15.8 Å². The van der Waals surface area contributed by atoms with Gasteiger partial charge >= 0.3 is 0 Å². The molecule has 1 aromatic heterocycles. The van der Waals surface area contributed by atoms with E-state index in [4.69, 9.17) is 4.52 Å². The molecule has 0 spiro atoms. The van der Waals surface area contributed by atoms with E-state index in [0.29, 0.717) is 17.4 Å². The van der Waals surface area contributed by atoms with Gasteiger partial charge in [-0.15, -0.1) is 0 Å². The number of aryl methyl sites for hydroxylation is 1. The average molecular weight is 445 g/mol. The van der Waals surface area contributed by atoms with Crippen LogP contribution in [0.5, 0.6) is 0 Å². The molecule has 0 aliphatic heterocycles. The Bertz CT molecular complexity index is 982. The fraction of sp³-hybridized carbons (Fsp3) is 0.500. The summed E-state index contributed by atoms with van der Waals surface area (Å²) in [6, 6.07) is 3.93. The quantitative estimate of drug-likeness (QED) is 0.561. The largest absolute Gasteiger partial charge is 0.343 e. The molecule has 0 unspecified atom stereocenters. The van der Waals surface area contributed by atoms with Gasteiger partial charge in [0.15, 0.2) is 5.82 Å². The Balaban J connectivity index is 1.62. The summed E-state index contributed by atoms with van der Waals surface area (Å²) < 4.78 is 19.1. The summed E-state index contributed by atoms with van der Waals surface area (Å²) in [5, 5.41) is 12.2. The Kier molecular flexibility index (Phi) is 7.55. The first-order valence-corrected chi connectivity index (χ1v) is 10.8. The van der Waals surface area contributed by atoms with Crippen molar-refractivity contribution < 1.29 is 23.3 Å². The van der Waals surface area contributed by atoms with Gasteiger partial charge in [0, 0.05) is 32.4 Å². The molecule has 1 fully saturated rings. The van der Waals surface area contributed by atoms with Gasteiger partial charge in [0.2, 0.25) is 23.6 Å². The van der Waals surface area contributed by atoms with Crippen LogP contribution in [0.3, 0.4) is 0 Å². The number of rotatable bonds is 7. The minimum absolute atomic E-state index is 0.0106. The van der Waals surface area contributed by atoms with E-state index in [9.17, 15) is 18.8 Å². The molecule has 1 heterocycles. The first-order valence-electron chi connectivity index (χ1n) is 10.8. The van der Waals surface area contributed by atoms with Crippen molar-refractivity contribution in [3.05, 3.63) is 35.7 Å². The van der Waals surface area contributed by atoms with Gasteiger partial charge in [0.1, 0.15) is 11.4 Å². The van der Waals surface area contributed by atoms with E-state index < -0.39 is 17.3 Å². The zero-order valence-electron chi connectivity index (χ0n) is 18.3. The summed E-state index contributed by atoms with van der Waals surface area (Å²) in [4.78, 5) is 39.8. The van der Waals surface area contributed by atoms with Crippen molar-refractivity contribution in [1.82, 2.24) is 15.5 Å². The molecule has 10 heteroatoms. The summed E-state index contributed by atoms with van der Waals surface area (Å²) in [7, 11) is 0. The number of nitrogens with zero attached hydrogens (tertiary/aromatic N) is 2. The monoisotopic (exact) mass is 445 g/mol. The fourth-order valence-corrected chi connectivity index (χ4v) is 3.96. The van der Waals surface area contributed by atoms with E-state index in [-0.39, 0.29) is 30.3 Å². The molecule has 3 rings (SSSR count). The van der Waals surface area contributed by atoms with Gasteiger partial charge in [-0.25, -0.2) is 4.39 Å². The minimum atomic E-state index is -0.638. The predicted octanol–water partition coefficient (Wildman–Crippen LogP) is 3.42. The van der Waals surface area contributed by atoms with Crippen molar-refractivity contribution in [2.75, 3.05) is 10.6 Å². The van der Waals surface area contributed by atoms with Crippen LogP contribution in [0.15, 0.2) is 22.7 Å². The number of amides is 3. The molecular weight excluding hydrogens is 417 g/mol. The highest BCUT2D eigenvalue weighted by Crippen LogP contribution is 2.34. The maximum absolute atomic E-state index is 13.7. The first kappa shape index (κ1) is 23.4. The topological polar surface area (TPSA) is 126 Å². The lowest BCUT2D eigenvalue weighted by Crippen LogP contribution is -2.45. The van der Waals surface area contributed by atoms with E-state index in [1.807, 2.05) is 0 Å². The molecule has 32 heavy (non-hydrogen) atoms. The third-order valence-corrected chi connectivity index (χ3v) is 5.40. The third kappa shape index (κ3) is 6.12. The molecule has 172 valence electrons. The van der Waals surface area contributed by atoms with Crippen LogP contribution >= 0.6 is 0 Å². The van der Waals surface area contributed by atoms with Gasteiger partial charge < -0.3 is 20.5 Å². The maximum Gasteiger partial charge on any atom is 0.227 e. The molecule has 2 aromatic rings. The molecule has 0 radical (unpaired) electrons. The number of carbonyl (C=O) groups excluding carboxylic acids is 3. The summed E-state index contributed by atoms with van der Waals surface area (Å²) >= 11 is 0. The first-order chi connectivity index (χ1) is 15.3. The van der Waals surface area contributed by atoms with Gasteiger partial charge in [-0.1, -0.05) is 30.8 Å². The lowest BCUT2D eigenvalue weighted by atomic mass is 9.89. The summed E-state index contributed by atoms with van der Waals surface area (Å²) in [5.74, 6) is -0.717. The van der Waals surface area contributed by atoms with Crippen LogP contribution in [0.1, 0.15) is 70.5 Å². The number of aromatic nitrogens is 2. The summed E-state index contributed by atoms with van der Waals surface area (Å²) in [6.45, 7) is 2.75. The van der Waals surface area contributed by atoms with E-state index in [1.54, 1.807) is 0 Å². The van der Waals surface area contributed by atoms with Crippen LogP contribution in [-0.4, -0.2) is 27.9 Å². The molecule has 9 nitrogen and oxygen atoms in total. The third-order valence-electron chi connectivity index (χ3n) is 5.40. The van der Waals surface area contributed by atoms with Gasteiger partial charge in [-0.05, 0) is 31.0 Å². The second-order valence-electron chi connectivity index (χ2n) is 8.11. The van der Waals surface area contributed by atoms with Crippen molar-refractivity contribution in [3.8, 4) is 0 Å². The van der Waals surface area contributed by atoms with Crippen LogP contribution in [0.25, 0.3) is 0 Å². The number of nitrogens with one attached hydrogen (secondary N) is 3. The predicted molar refractivity (Wildman–Crippen MR) is 115 cm³/mol. The highest BCUT2D eigenvalue weighted by atomic mass is 19.1. The Hall–Kier alpha value is -3.30. The molecule has 0 bridgehead atoms. The number of carbonyl (C=O) groups is 3. The summed E-state index contributed by atoms with van der Waals surface area (Å²) in [6.07, 6.45) is 5.89. The molecule has 3 N–H and O–H groups in total. The number of hydrogen-bond donors (Lipinski definition) is 3. The van der Waals surface area contributed by atoms with E-state index >= 15 is 0 Å². The molecule has 1 aliphatic carbocycles. The number of halogens is 1. The molecule has 1 saturated carbocycles. The molecule has 1 aliphatic rings. The van der Waals surface area contributed by atoms with Crippen LogP contribution < -0.4 is 16.0 Å². The van der Waals surface area contributed by atoms with Crippen LogP contribution in [0.2, 0.25) is 0 Å². The van der Waals surface area contributed by atoms with Gasteiger partial charge in [0.25, 0.3) is 0 Å². The Morgan fingerprint density at radius 3 is 2.44 bits per heavy atom. The molecule has 0 atom stereocenters. The Morgan fingerprint density at radius 2 is 1.78 bits per heavy atom. The van der Waals surface area contributed by atoms with Crippen LogP contribution in [-0.2, 0) is 26.3 Å². The lowest BCUT2D eigenvalue weighted by Gasteiger charge is -2.30. The van der Waals surface area contributed by atoms with Gasteiger partial charge in [0.05, 0.1) is 5.69 Å². The molecular formula is C22H28FN5O4. The fourth-order valence-electron chi connectivity index (χ4n) is 3.96. The molecule has 1 aromatic carbocycles. The van der Waals surface area contributed by atoms with Crippen molar-refractivity contribution in [2.45, 2.75) is 70.8 Å². The van der Waals surface area contributed by atoms with Crippen molar-refractivity contribution >= 4 is 29.1 Å². The smallest absolute Gasteiger partial charge is 0.227 e. The van der Waals surface area contributed by atoms with Gasteiger partial charge in [-0.3, -0.25) is 14.4 Å². The average Bonchev–Trinajstić information content (AvgIpc) is 3.08. The van der Waals surface area contributed by atoms with E-state index in [1.165, 1.54) is 32.0 Å². The van der Waals surface area contributed by atoms with Crippen molar-refractivity contribution in [1.29, 1.82) is 0 Å². The molecule has 0 saturated heterocycles. The standard InChI is InChI=1S/C22H28FN5O4/c1-14(29)24-18-13-16(7-8-17(18)23)25-19(31)9-10-20-26-21(28-32-20)22(27-15(2)30)11-5-3-4-6-12-22/h7-8,13H,3-6,9-12H2,1-2H3,(H,24,29)(H,25,31)(H,27,30). The van der Waals surface area contributed by atoms with Gasteiger partial charge in [-0.2, -0.15) is 4.98 Å². The number of anilines is 2. The second kappa shape index (κ2) is 10.3. The zero-order valence-corrected chi connectivity index (χ0v) is 18.3. The Morgan fingerprint density at radius 1 is 1.06 bits per heavy atom. The summed E-state index contributed by atoms with van der Waals surface area (Å²) in [5.41, 5.74) is -0.293.